The number of carbonyl (C=O) groups excluding carboxylic acids is 2. The lowest BCUT2D eigenvalue weighted by molar-refractivity contribution is 0.0962. The summed E-state index contributed by atoms with van der Waals surface area (Å²) in [6.45, 7) is 5.14. The maximum atomic E-state index is 12.4. The Balaban J connectivity index is 1.23. The van der Waals surface area contributed by atoms with Crippen LogP contribution in [-0.2, 0) is 6.54 Å². The Morgan fingerprint density at radius 1 is 1.21 bits per heavy atom. The van der Waals surface area contributed by atoms with Crippen molar-refractivity contribution in [1.82, 2.24) is 20.1 Å². The van der Waals surface area contributed by atoms with Crippen molar-refractivity contribution >= 4 is 23.3 Å². The second kappa shape index (κ2) is 8.90. The van der Waals surface area contributed by atoms with Crippen LogP contribution in [0.5, 0.6) is 5.75 Å². The number of ether oxygens (including phenoxy) is 1. The van der Waals surface area contributed by atoms with Crippen LogP contribution in [0.25, 0.3) is 0 Å². The predicted octanol–water partition coefficient (Wildman–Crippen LogP) is 2.45. The second-order valence-electron chi connectivity index (χ2n) is 8.79. The van der Waals surface area contributed by atoms with Crippen LogP contribution in [0.15, 0.2) is 30.5 Å². The minimum Gasteiger partial charge on any atom is -0.495 e. The molecule has 3 aliphatic rings. The first-order valence-corrected chi connectivity index (χ1v) is 11.5. The fourth-order valence-corrected chi connectivity index (χ4v) is 5.08. The van der Waals surface area contributed by atoms with Crippen molar-refractivity contribution in [3.05, 3.63) is 47.3 Å². The largest absolute Gasteiger partial charge is 0.495 e. The summed E-state index contributed by atoms with van der Waals surface area (Å²) in [5, 5.41) is 5.67. The molecule has 4 heterocycles. The molecule has 0 radical (unpaired) electrons. The number of urea groups is 1. The van der Waals surface area contributed by atoms with Gasteiger partial charge in [-0.1, -0.05) is 0 Å². The number of anilines is 2. The van der Waals surface area contributed by atoms with Gasteiger partial charge in [0.2, 0.25) is 0 Å². The number of benzene rings is 1. The Kier molecular flexibility index (Phi) is 5.80. The first-order chi connectivity index (χ1) is 16.1. The molecule has 1 unspecified atom stereocenters. The summed E-state index contributed by atoms with van der Waals surface area (Å²) >= 11 is 0. The highest BCUT2D eigenvalue weighted by Crippen LogP contribution is 2.39. The summed E-state index contributed by atoms with van der Waals surface area (Å²) in [6, 6.07) is 7.79. The summed E-state index contributed by atoms with van der Waals surface area (Å²) in [7, 11) is 3.26. The topological polar surface area (TPSA) is 90.0 Å². The van der Waals surface area contributed by atoms with E-state index in [-0.39, 0.29) is 18.0 Å². The molecule has 0 aliphatic carbocycles. The summed E-state index contributed by atoms with van der Waals surface area (Å²) < 4.78 is 5.57. The average Bonchev–Trinajstić information content (AvgIpc) is 3.34. The Bertz CT molecular complexity index is 1070. The number of hydrogen-bond donors (Lipinski definition) is 2. The van der Waals surface area contributed by atoms with Crippen molar-refractivity contribution in [3.8, 4) is 5.75 Å². The molecule has 3 amide bonds. The van der Waals surface area contributed by atoms with Crippen LogP contribution in [0.4, 0.5) is 16.2 Å². The van der Waals surface area contributed by atoms with E-state index in [9.17, 15) is 9.59 Å². The summed E-state index contributed by atoms with van der Waals surface area (Å²) in [5.74, 6) is 0.584. The van der Waals surface area contributed by atoms with Crippen LogP contribution in [-0.4, -0.2) is 73.6 Å². The molecule has 1 aromatic carbocycles. The van der Waals surface area contributed by atoms with E-state index in [1.807, 2.05) is 23.2 Å². The van der Waals surface area contributed by atoms with Gasteiger partial charge in [-0.15, -0.1) is 0 Å². The Morgan fingerprint density at radius 2 is 2.03 bits per heavy atom. The fraction of sp³-hybridized carbons (Fsp3) is 0.458. The van der Waals surface area contributed by atoms with E-state index in [1.165, 1.54) is 0 Å². The first-order valence-electron chi connectivity index (χ1n) is 11.5. The number of fused-ring (bicyclic) bond motifs is 3. The molecule has 9 nitrogen and oxygen atoms in total. The van der Waals surface area contributed by atoms with Crippen molar-refractivity contribution in [3.63, 3.8) is 0 Å². The summed E-state index contributed by atoms with van der Waals surface area (Å²) in [5.41, 5.74) is 4.56. The van der Waals surface area contributed by atoms with Crippen LogP contribution in [0.1, 0.15) is 40.5 Å². The number of carbonyl (C=O) groups is 2. The Hall–Kier alpha value is -3.33. The minimum absolute atomic E-state index is 0.00560. The third-order valence-electron chi connectivity index (χ3n) is 6.83. The molecule has 1 aromatic heterocycles. The van der Waals surface area contributed by atoms with Crippen LogP contribution < -0.4 is 20.3 Å². The molecule has 1 atom stereocenters. The van der Waals surface area contributed by atoms with Crippen LogP contribution in [0.2, 0.25) is 0 Å². The predicted molar refractivity (Wildman–Crippen MR) is 126 cm³/mol. The molecule has 174 valence electrons. The van der Waals surface area contributed by atoms with E-state index in [4.69, 9.17) is 9.72 Å². The number of nitrogens with one attached hydrogen (secondary N) is 2. The second-order valence-corrected chi connectivity index (χ2v) is 8.79. The van der Waals surface area contributed by atoms with E-state index in [0.29, 0.717) is 11.3 Å². The lowest BCUT2D eigenvalue weighted by atomic mass is 10.1. The number of methoxy groups -OCH3 is 1. The fourth-order valence-electron chi connectivity index (χ4n) is 5.08. The maximum Gasteiger partial charge on any atom is 0.322 e. The van der Waals surface area contributed by atoms with Gasteiger partial charge < -0.3 is 25.2 Å². The maximum absolute atomic E-state index is 12.4. The number of rotatable bonds is 5. The molecule has 0 saturated carbocycles. The van der Waals surface area contributed by atoms with Crippen LogP contribution in [0.3, 0.4) is 0 Å². The van der Waals surface area contributed by atoms with Crippen LogP contribution in [0, 0.1) is 0 Å². The Labute approximate surface area is 193 Å². The van der Waals surface area contributed by atoms with E-state index in [0.717, 1.165) is 74.7 Å². The minimum atomic E-state index is -0.125. The van der Waals surface area contributed by atoms with Gasteiger partial charge in [-0.25, -0.2) is 4.79 Å². The lowest BCUT2D eigenvalue weighted by Gasteiger charge is -2.37. The lowest BCUT2D eigenvalue weighted by Crippen LogP contribution is -2.46. The van der Waals surface area contributed by atoms with Gasteiger partial charge in [-0.2, -0.15) is 0 Å². The van der Waals surface area contributed by atoms with Crippen molar-refractivity contribution < 1.29 is 14.3 Å². The van der Waals surface area contributed by atoms with E-state index in [1.54, 1.807) is 20.2 Å². The number of aromatic nitrogens is 1. The number of hydrogen-bond acceptors (Lipinski definition) is 6. The molecule has 2 fully saturated rings. The van der Waals surface area contributed by atoms with Gasteiger partial charge in [0.15, 0.2) is 0 Å². The monoisotopic (exact) mass is 450 g/mol. The standard InChI is InChI=1S/C24H30N6O3/c1-25-23(31)17-5-6-19(21(13-17)33-2)29-10-8-28(9-11-29)15-16-12-18-22(26-14-16)20-4-3-7-30(20)24(32)27-18/h5-6,12-14,20H,3-4,7-11,15H2,1-2H3,(H,25,31)(H,27,32). The van der Waals surface area contributed by atoms with Gasteiger partial charge in [0.1, 0.15) is 5.75 Å². The molecule has 5 rings (SSSR count). The highest BCUT2D eigenvalue weighted by molar-refractivity contribution is 5.95. The van der Waals surface area contributed by atoms with Gasteiger partial charge in [0.05, 0.1) is 30.2 Å². The number of piperazine rings is 1. The highest BCUT2D eigenvalue weighted by atomic mass is 16.5. The quantitative estimate of drug-likeness (QED) is 0.727. The van der Waals surface area contributed by atoms with Crippen molar-refractivity contribution in [2.75, 3.05) is 57.1 Å². The average molecular weight is 451 g/mol. The number of nitrogens with zero attached hydrogens (tertiary/aromatic N) is 4. The number of amides is 3. The molecular formula is C24H30N6O3. The zero-order chi connectivity index (χ0) is 22.9. The third kappa shape index (κ3) is 4.08. The normalized spacial score (nSPS) is 20.2. The third-order valence-corrected chi connectivity index (χ3v) is 6.83. The first kappa shape index (κ1) is 21.5. The Morgan fingerprint density at radius 3 is 2.79 bits per heavy atom. The molecule has 2 N–H and O–H groups in total. The van der Waals surface area contributed by atoms with Gasteiger partial charge in [-0.3, -0.25) is 14.7 Å². The van der Waals surface area contributed by atoms with Crippen molar-refractivity contribution in [2.45, 2.75) is 25.4 Å². The van der Waals surface area contributed by atoms with E-state index in [2.05, 4.69) is 26.5 Å². The van der Waals surface area contributed by atoms with Gasteiger partial charge in [0, 0.05) is 58.1 Å². The van der Waals surface area contributed by atoms with Crippen molar-refractivity contribution in [1.29, 1.82) is 0 Å². The van der Waals surface area contributed by atoms with Gasteiger partial charge >= 0.3 is 6.03 Å². The molecule has 0 spiro atoms. The van der Waals surface area contributed by atoms with E-state index < -0.39 is 0 Å². The molecule has 2 aromatic rings. The number of pyridine rings is 1. The van der Waals surface area contributed by atoms with Gasteiger partial charge in [-0.05, 0) is 42.7 Å². The zero-order valence-electron chi connectivity index (χ0n) is 19.1. The zero-order valence-corrected chi connectivity index (χ0v) is 19.1. The summed E-state index contributed by atoms with van der Waals surface area (Å²) in [4.78, 5) is 35.6. The SMILES string of the molecule is CNC(=O)c1ccc(N2CCN(Cc3cnc4c(c3)NC(=O)N3CCCC43)CC2)c(OC)c1. The van der Waals surface area contributed by atoms with Crippen LogP contribution >= 0.6 is 0 Å². The molecule has 9 heteroatoms. The molecule has 3 aliphatic heterocycles. The smallest absolute Gasteiger partial charge is 0.322 e. The molecule has 33 heavy (non-hydrogen) atoms. The highest BCUT2D eigenvalue weighted by Gasteiger charge is 2.37. The molecular weight excluding hydrogens is 420 g/mol. The van der Waals surface area contributed by atoms with Crippen molar-refractivity contribution in [2.24, 2.45) is 0 Å². The summed E-state index contributed by atoms with van der Waals surface area (Å²) in [6.07, 6.45) is 3.98. The molecule has 2 saturated heterocycles. The molecule has 0 bridgehead atoms. The van der Waals surface area contributed by atoms with E-state index >= 15 is 0 Å². The van der Waals surface area contributed by atoms with Gasteiger partial charge in [0.25, 0.3) is 5.91 Å².